The Kier molecular flexibility index (Phi) is 4.19. The highest BCUT2D eigenvalue weighted by atomic mass is 19.4. The number of piperidine rings is 1. The minimum Gasteiger partial charge on any atom is -0.404 e. The minimum absolute atomic E-state index is 0.172. The molecular formula is C13H17F3N2O. The van der Waals surface area contributed by atoms with Crippen LogP contribution in [0.5, 0.6) is 5.75 Å². The zero-order valence-corrected chi connectivity index (χ0v) is 10.7. The van der Waals surface area contributed by atoms with E-state index < -0.39 is 6.36 Å². The molecule has 19 heavy (non-hydrogen) atoms. The number of hydrogen-bond donors (Lipinski definition) is 1. The molecule has 0 spiro atoms. The lowest BCUT2D eigenvalue weighted by Crippen LogP contribution is -2.36. The van der Waals surface area contributed by atoms with Crippen LogP contribution in [-0.4, -0.2) is 37.4 Å². The van der Waals surface area contributed by atoms with Crippen molar-refractivity contribution in [2.24, 2.45) is 0 Å². The second-order valence-electron chi connectivity index (χ2n) is 4.77. The van der Waals surface area contributed by atoms with E-state index in [1.807, 2.05) is 7.05 Å². The molecule has 0 aliphatic carbocycles. The van der Waals surface area contributed by atoms with Gasteiger partial charge in [0.25, 0.3) is 0 Å². The van der Waals surface area contributed by atoms with E-state index >= 15 is 0 Å². The molecular weight excluding hydrogens is 257 g/mol. The molecule has 0 unspecified atom stereocenters. The van der Waals surface area contributed by atoms with E-state index in [1.165, 1.54) is 12.1 Å². The Morgan fingerprint density at radius 2 is 1.84 bits per heavy atom. The lowest BCUT2D eigenvalue weighted by molar-refractivity contribution is -0.274. The summed E-state index contributed by atoms with van der Waals surface area (Å²) >= 11 is 0. The highest BCUT2D eigenvalue weighted by Crippen LogP contribution is 2.31. The van der Waals surface area contributed by atoms with Gasteiger partial charge < -0.3 is 15.0 Å². The fraction of sp³-hybridized carbons (Fsp3) is 0.538. The maximum Gasteiger partial charge on any atom is 0.573 e. The number of likely N-dealkylation sites (tertiary alicyclic amines) is 1. The SMILES string of the molecule is CN1CCC(Nc2ccccc2OC(F)(F)F)CC1. The number of para-hydroxylation sites is 2. The maximum atomic E-state index is 12.3. The van der Waals surface area contributed by atoms with Crippen molar-refractivity contribution in [1.82, 2.24) is 4.90 Å². The number of nitrogens with zero attached hydrogens (tertiary/aromatic N) is 1. The molecule has 106 valence electrons. The number of rotatable bonds is 3. The van der Waals surface area contributed by atoms with Gasteiger partial charge in [-0.25, -0.2) is 0 Å². The summed E-state index contributed by atoms with van der Waals surface area (Å²) in [5.74, 6) is -0.172. The Balaban J connectivity index is 2.03. The molecule has 0 aromatic heterocycles. The molecule has 3 nitrogen and oxygen atoms in total. The fourth-order valence-electron chi connectivity index (χ4n) is 2.17. The molecule has 0 amide bonds. The first-order chi connectivity index (χ1) is 8.94. The van der Waals surface area contributed by atoms with Gasteiger partial charge in [0.05, 0.1) is 5.69 Å². The zero-order valence-electron chi connectivity index (χ0n) is 10.7. The number of anilines is 1. The van der Waals surface area contributed by atoms with Crippen molar-refractivity contribution < 1.29 is 17.9 Å². The van der Waals surface area contributed by atoms with Gasteiger partial charge in [0.1, 0.15) is 0 Å². The summed E-state index contributed by atoms with van der Waals surface area (Å²) in [6.07, 6.45) is -2.84. The molecule has 0 atom stereocenters. The van der Waals surface area contributed by atoms with E-state index in [1.54, 1.807) is 12.1 Å². The molecule has 0 saturated carbocycles. The van der Waals surface area contributed by atoms with E-state index in [9.17, 15) is 13.2 Å². The Labute approximate surface area is 110 Å². The second kappa shape index (κ2) is 5.69. The summed E-state index contributed by atoms with van der Waals surface area (Å²) in [6, 6.07) is 6.35. The zero-order chi connectivity index (χ0) is 13.9. The van der Waals surface area contributed by atoms with Crippen molar-refractivity contribution >= 4 is 5.69 Å². The molecule has 2 rings (SSSR count). The van der Waals surface area contributed by atoms with Gasteiger partial charge in [0.2, 0.25) is 0 Å². The van der Waals surface area contributed by atoms with Gasteiger partial charge in [-0.3, -0.25) is 0 Å². The maximum absolute atomic E-state index is 12.3. The molecule has 1 aliphatic rings. The molecule has 1 heterocycles. The summed E-state index contributed by atoms with van der Waals surface area (Å²) in [5, 5.41) is 3.14. The first-order valence-electron chi connectivity index (χ1n) is 6.24. The highest BCUT2D eigenvalue weighted by Gasteiger charge is 2.32. The third-order valence-corrected chi connectivity index (χ3v) is 3.19. The number of alkyl halides is 3. The van der Waals surface area contributed by atoms with Crippen LogP contribution in [0.4, 0.5) is 18.9 Å². The van der Waals surface area contributed by atoms with Crippen molar-refractivity contribution in [3.05, 3.63) is 24.3 Å². The van der Waals surface area contributed by atoms with Crippen molar-refractivity contribution in [2.75, 3.05) is 25.5 Å². The molecule has 1 fully saturated rings. The van der Waals surface area contributed by atoms with E-state index in [0.29, 0.717) is 5.69 Å². The summed E-state index contributed by atoms with van der Waals surface area (Å²) in [4.78, 5) is 2.20. The average molecular weight is 274 g/mol. The van der Waals surface area contributed by atoms with Gasteiger partial charge in [0.15, 0.2) is 5.75 Å². The number of benzene rings is 1. The second-order valence-corrected chi connectivity index (χ2v) is 4.77. The number of hydrogen-bond acceptors (Lipinski definition) is 3. The van der Waals surface area contributed by atoms with Crippen molar-refractivity contribution in [3.8, 4) is 5.75 Å². The van der Waals surface area contributed by atoms with E-state index in [-0.39, 0.29) is 11.8 Å². The van der Waals surface area contributed by atoms with Gasteiger partial charge in [-0.05, 0) is 45.1 Å². The minimum atomic E-state index is -4.66. The summed E-state index contributed by atoms with van der Waals surface area (Å²) in [5.41, 5.74) is 0.398. The van der Waals surface area contributed by atoms with Crippen molar-refractivity contribution in [3.63, 3.8) is 0 Å². The smallest absolute Gasteiger partial charge is 0.404 e. The van der Waals surface area contributed by atoms with Crippen LogP contribution in [0.3, 0.4) is 0 Å². The Morgan fingerprint density at radius 3 is 2.47 bits per heavy atom. The summed E-state index contributed by atoms with van der Waals surface area (Å²) in [7, 11) is 2.04. The van der Waals surface area contributed by atoms with Crippen LogP contribution in [0, 0.1) is 0 Å². The largest absolute Gasteiger partial charge is 0.573 e. The summed E-state index contributed by atoms with van der Waals surface area (Å²) in [6.45, 7) is 1.89. The molecule has 0 radical (unpaired) electrons. The fourth-order valence-corrected chi connectivity index (χ4v) is 2.17. The van der Waals surface area contributed by atoms with E-state index in [0.717, 1.165) is 25.9 Å². The average Bonchev–Trinajstić information content (AvgIpc) is 2.33. The van der Waals surface area contributed by atoms with Crippen molar-refractivity contribution in [1.29, 1.82) is 0 Å². The molecule has 1 aliphatic heterocycles. The van der Waals surface area contributed by atoms with Gasteiger partial charge in [-0.1, -0.05) is 12.1 Å². The lowest BCUT2D eigenvalue weighted by atomic mass is 10.1. The van der Waals surface area contributed by atoms with Gasteiger partial charge >= 0.3 is 6.36 Å². The number of nitrogens with one attached hydrogen (secondary N) is 1. The Hall–Kier alpha value is -1.43. The monoisotopic (exact) mass is 274 g/mol. The predicted octanol–water partition coefficient (Wildman–Crippen LogP) is 3.09. The quantitative estimate of drug-likeness (QED) is 0.916. The third kappa shape index (κ3) is 4.31. The Morgan fingerprint density at radius 1 is 1.21 bits per heavy atom. The van der Waals surface area contributed by atoms with Gasteiger partial charge in [-0.15, -0.1) is 13.2 Å². The van der Waals surface area contributed by atoms with E-state index in [4.69, 9.17) is 0 Å². The van der Waals surface area contributed by atoms with Crippen molar-refractivity contribution in [2.45, 2.75) is 25.2 Å². The lowest BCUT2D eigenvalue weighted by Gasteiger charge is -2.30. The van der Waals surface area contributed by atoms with Crippen LogP contribution in [-0.2, 0) is 0 Å². The van der Waals surface area contributed by atoms with Gasteiger partial charge in [-0.2, -0.15) is 0 Å². The molecule has 1 saturated heterocycles. The van der Waals surface area contributed by atoms with E-state index in [2.05, 4.69) is 15.0 Å². The van der Waals surface area contributed by atoms with Crippen LogP contribution in [0.1, 0.15) is 12.8 Å². The number of halogens is 3. The molecule has 1 N–H and O–H groups in total. The predicted molar refractivity (Wildman–Crippen MR) is 67.3 cm³/mol. The first-order valence-corrected chi connectivity index (χ1v) is 6.24. The highest BCUT2D eigenvalue weighted by molar-refractivity contribution is 5.56. The van der Waals surface area contributed by atoms with Crippen LogP contribution < -0.4 is 10.1 Å². The third-order valence-electron chi connectivity index (χ3n) is 3.19. The van der Waals surface area contributed by atoms with Crippen LogP contribution in [0.2, 0.25) is 0 Å². The van der Waals surface area contributed by atoms with Crippen LogP contribution >= 0.6 is 0 Å². The molecule has 6 heteroatoms. The topological polar surface area (TPSA) is 24.5 Å². The Bertz CT molecular complexity index is 415. The number of ether oxygens (including phenoxy) is 1. The van der Waals surface area contributed by atoms with Crippen LogP contribution in [0.15, 0.2) is 24.3 Å². The normalized spacial score (nSPS) is 18.3. The standard InChI is InChI=1S/C13H17F3N2O/c1-18-8-6-10(7-9-18)17-11-4-2-3-5-12(11)19-13(14,15)16/h2-5,10,17H,6-9H2,1H3. The molecule has 0 bridgehead atoms. The van der Waals surface area contributed by atoms with Crippen LogP contribution in [0.25, 0.3) is 0 Å². The van der Waals surface area contributed by atoms with Gasteiger partial charge in [0, 0.05) is 6.04 Å². The molecule has 1 aromatic rings. The molecule has 1 aromatic carbocycles. The summed E-state index contributed by atoms with van der Waals surface area (Å²) < 4.78 is 40.9. The first kappa shape index (κ1) is 14.0.